The van der Waals surface area contributed by atoms with Gasteiger partial charge in [-0.2, -0.15) is 0 Å². The Morgan fingerprint density at radius 2 is 1.65 bits per heavy atom. The highest BCUT2D eigenvalue weighted by atomic mass is 16.3. The van der Waals surface area contributed by atoms with E-state index < -0.39 is 18.3 Å². The highest BCUT2D eigenvalue weighted by Crippen LogP contribution is 2.10. The number of aliphatic hydroxyl groups is 3. The van der Waals surface area contributed by atoms with Crippen LogP contribution < -0.4 is 0 Å². The quantitative estimate of drug-likeness (QED) is 0.445. The van der Waals surface area contributed by atoms with Gasteiger partial charge in [-0.15, -0.1) is 0 Å². The van der Waals surface area contributed by atoms with E-state index in [1.807, 2.05) is 30.3 Å². The van der Waals surface area contributed by atoms with Gasteiger partial charge in [-0.1, -0.05) is 87.3 Å². The monoisotopic (exact) mass is 354 g/mol. The lowest BCUT2D eigenvalue weighted by Gasteiger charge is -2.15. The molecule has 0 aliphatic heterocycles. The molecule has 0 aromatic heterocycles. The van der Waals surface area contributed by atoms with Crippen molar-refractivity contribution in [3.63, 3.8) is 0 Å². The summed E-state index contributed by atoms with van der Waals surface area (Å²) in [6, 6.07) is 9.66. The zero-order chi connectivity index (χ0) is 19.0. The molecular formula is C23H30O3. The second-order valence-electron chi connectivity index (χ2n) is 6.33. The standard InChI is InChI=1S/C23H30O3/c1-2-3-4-5-11-16-22(25)23(26)17-12-7-10-15-21(24)19-18-20-13-8-6-9-14-20/h6,8-9,13-14,18-19,21-26H,2-5,11,16-17H2,1H3/t21?,22-,23-/m1/s1. The van der Waals surface area contributed by atoms with Crippen molar-refractivity contribution in [2.45, 2.75) is 70.2 Å². The first-order chi connectivity index (χ1) is 12.6. The molecule has 0 aliphatic rings. The minimum atomic E-state index is -0.886. The smallest absolute Gasteiger partial charge is 0.134 e. The molecule has 3 nitrogen and oxygen atoms in total. The van der Waals surface area contributed by atoms with Crippen molar-refractivity contribution in [3.05, 3.63) is 42.0 Å². The lowest BCUT2D eigenvalue weighted by molar-refractivity contribution is 0.0165. The summed E-state index contributed by atoms with van der Waals surface area (Å²) < 4.78 is 0. The summed E-state index contributed by atoms with van der Waals surface area (Å²) in [5, 5.41) is 29.5. The summed E-state index contributed by atoms with van der Waals surface area (Å²) in [6.45, 7) is 2.17. The molecule has 0 heterocycles. The number of hydrogen-bond donors (Lipinski definition) is 3. The molecule has 26 heavy (non-hydrogen) atoms. The maximum absolute atomic E-state index is 9.89. The Balaban J connectivity index is 2.28. The van der Waals surface area contributed by atoms with Crippen LogP contribution in [-0.4, -0.2) is 33.6 Å². The van der Waals surface area contributed by atoms with Crippen molar-refractivity contribution in [3.8, 4) is 23.7 Å². The third-order valence-electron chi connectivity index (χ3n) is 4.00. The van der Waals surface area contributed by atoms with Crippen LogP contribution in [0.2, 0.25) is 0 Å². The number of unbranched alkanes of at least 4 members (excludes halogenated alkanes) is 4. The zero-order valence-corrected chi connectivity index (χ0v) is 15.6. The molecule has 0 saturated heterocycles. The van der Waals surface area contributed by atoms with Crippen LogP contribution >= 0.6 is 0 Å². The average Bonchev–Trinajstić information content (AvgIpc) is 2.66. The third-order valence-corrected chi connectivity index (χ3v) is 4.00. The van der Waals surface area contributed by atoms with Crippen LogP contribution in [0.1, 0.15) is 57.4 Å². The Bertz CT molecular complexity index is 628. The molecule has 3 atom stereocenters. The van der Waals surface area contributed by atoms with Crippen LogP contribution in [0, 0.1) is 23.7 Å². The van der Waals surface area contributed by atoms with E-state index in [1.54, 1.807) is 12.2 Å². The van der Waals surface area contributed by atoms with Gasteiger partial charge < -0.3 is 15.3 Å². The predicted molar refractivity (Wildman–Crippen MR) is 107 cm³/mol. The largest absolute Gasteiger partial charge is 0.390 e. The van der Waals surface area contributed by atoms with Crippen LogP contribution in [0.15, 0.2) is 36.4 Å². The molecule has 1 rings (SSSR count). The predicted octanol–water partition coefficient (Wildman–Crippen LogP) is 3.54. The summed E-state index contributed by atoms with van der Waals surface area (Å²) >= 11 is 0. The van der Waals surface area contributed by atoms with Crippen LogP contribution in [-0.2, 0) is 0 Å². The van der Waals surface area contributed by atoms with Crippen molar-refractivity contribution in [2.75, 3.05) is 0 Å². The molecule has 3 N–H and O–H groups in total. The molecule has 0 amide bonds. The van der Waals surface area contributed by atoms with Gasteiger partial charge in [0.05, 0.1) is 12.2 Å². The SMILES string of the molecule is CCCCCCC[C@@H](O)[C@H](O)CC#CC#CC(O)C=Cc1ccccc1. The summed E-state index contributed by atoms with van der Waals surface area (Å²) in [4.78, 5) is 0. The minimum absolute atomic E-state index is 0.181. The Hall–Kier alpha value is -2.04. The lowest BCUT2D eigenvalue weighted by Crippen LogP contribution is -2.25. The summed E-state index contributed by atoms with van der Waals surface area (Å²) in [6.07, 6.45) is 7.30. The highest BCUT2D eigenvalue weighted by Gasteiger charge is 2.14. The van der Waals surface area contributed by atoms with Crippen molar-refractivity contribution in [1.82, 2.24) is 0 Å². The van der Waals surface area contributed by atoms with Gasteiger partial charge in [0.25, 0.3) is 0 Å². The number of rotatable bonds is 10. The molecule has 0 radical (unpaired) electrons. The van der Waals surface area contributed by atoms with Crippen molar-refractivity contribution in [2.24, 2.45) is 0 Å². The topological polar surface area (TPSA) is 60.7 Å². The van der Waals surface area contributed by atoms with Gasteiger partial charge >= 0.3 is 0 Å². The first-order valence-electron chi connectivity index (χ1n) is 9.39. The first-order valence-corrected chi connectivity index (χ1v) is 9.39. The van der Waals surface area contributed by atoms with Crippen molar-refractivity contribution >= 4 is 6.08 Å². The Morgan fingerprint density at radius 3 is 2.38 bits per heavy atom. The molecule has 0 spiro atoms. The second kappa shape index (κ2) is 14.2. The Labute approximate surface area is 157 Å². The maximum Gasteiger partial charge on any atom is 0.134 e. The first kappa shape index (κ1) is 22.0. The van der Waals surface area contributed by atoms with Crippen LogP contribution in [0.5, 0.6) is 0 Å². The molecule has 140 valence electrons. The van der Waals surface area contributed by atoms with E-state index in [1.165, 1.54) is 19.3 Å². The molecule has 0 aliphatic carbocycles. The van der Waals surface area contributed by atoms with Crippen LogP contribution in [0.3, 0.4) is 0 Å². The molecular weight excluding hydrogens is 324 g/mol. The van der Waals surface area contributed by atoms with Gasteiger partial charge in [0.15, 0.2) is 0 Å². The van der Waals surface area contributed by atoms with Gasteiger partial charge in [-0.3, -0.25) is 0 Å². The lowest BCUT2D eigenvalue weighted by atomic mass is 10.0. The van der Waals surface area contributed by atoms with Gasteiger partial charge in [-0.05, 0) is 29.9 Å². The summed E-state index contributed by atoms with van der Waals surface area (Å²) in [7, 11) is 0. The van der Waals surface area contributed by atoms with E-state index in [9.17, 15) is 15.3 Å². The Morgan fingerprint density at radius 1 is 0.923 bits per heavy atom. The average molecular weight is 354 g/mol. The van der Waals surface area contributed by atoms with Gasteiger partial charge in [0, 0.05) is 6.42 Å². The van der Waals surface area contributed by atoms with E-state index in [4.69, 9.17) is 0 Å². The van der Waals surface area contributed by atoms with E-state index in [0.717, 1.165) is 18.4 Å². The van der Waals surface area contributed by atoms with E-state index in [0.29, 0.717) is 6.42 Å². The van der Waals surface area contributed by atoms with E-state index in [2.05, 4.69) is 30.6 Å². The number of aliphatic hydroxyl groups excluding tert-OH is 3. The van der Waals surface area contributed by atoms with Crippen molar-refractivity contribution in [1.29, 1.82) is 0 Å². The number of hydrogen-bond acceptors (Lipinski definition) is 3. The minimum Gasteiger partial charge on any atom is -0.390 e. The highest BCUT2D eigenvalue weighted by molar-refractivity contribution is 5.50. The molecule has 0 fully saturated rings. The summed E-state index contributed by atoms with van der Waals surface area (Å²) in [5.41, 5.74) is 0.992. The summed E-state index contributed by atoms with van der Waals surface area (Å²) in [5.74, 6) is 10.5. The van der Waals surface area contributed by atoms with Gasteiger partial charge in [-0.25, -0.2) is 0 Å². The molecule has 1 unspecified atom stereocenters. The fourth-order valence-corrected chi connectivity index (χ4v) is 2.41. The Kier molecular flexibility index (Phi) is 12.0. The van der Waals surface area contributed by atoms with Crippen LogP contribution in [0.4, 0.5) is 0 Å². The normalized spacial score (nSPS) is 14.0. The zero-order valence-electron chi connectivity index (χ0n) is 15.6. The molecule has 1 aromatic carbocycles. The van der Waals surface area contributed by atoms with Gasteiger partial charge in [0.1, 0.15) is 6.10 Å². The second-order valence-corrected chi connectivity index (χ2v) is 6.33. The number of benzene rings is 1. The third kappa shape index (κ3) is 10.7. The van der Waals surface area contributed by atoms with Crippen LogP contribution in [0.25, 0.3) is 6.08 Å². The molecule has 0 bridgehead atoms. The maximum atomic E-state index is 9.89. The fourth-order valence-electron chi connectivity index (χ4n) is 2.41. The van der Waals surface area contributed by atoms with E-state index in [-0.39, 0.29) is 6.42 Å². The van der Waals surface area contributed by atoms with Crippen molar-refractivity contribution < 1.29 is 15.3 Å². The fraction of sp³-hybridized carbons (Fsp3) is 0.478. The molecule has 0 saturated carbocycles. The van der Waals surface area contributed by atoms with E-state index >= 15 is 0 Å². The van der Waals surface area contributed by atoms with Gasteiger partial charge in [0.2, 0.25) is 0 Å². The molecule has 1 aromatic rings. The molecule has 3 heteroatoms.